The van der Waals surface area contributed by atoms with Crippen molar-refractivity contribution in [3.8, 4) is 0 Å². The number of nitrogens with one attached hydrogen (secondary N) is 1. The van der Waals surface area contributed by atoms with Gasteiger partial charge in [0.15, 0.2) is 0 Å². The molecule has 7 aliphatic rings. The van der Waals surface area contributed by atoms with Gasteiger partial charge in [0.2, 0.25) is 0 Å². The molecule has 0 aromatic rings. The van der Waals surface area contributed by atoms with Crippen LogP contribution in [0.3, 0.4) is 0 Å². The van der Waals surface area contributed by atoms with E-state index in [4.69, 9.17) is 4.74 Å². The van der Waals surface area contributed by atoms with Crippen LogP contribution >= 0.6 is 0 Å². The third kappa shape index (κ3) is 5.82. The van der Waals surface area contributed by atoms with Gasteiger partial charge in [-0.05, 0) is 179 Å². The number of nitrogens with zero attached hydrogens (tertiary/aromatic N) is 1. The van der Waals surface area contributed by atoms with Crippen molar-refractivity contribution in [2.75, 3.05) is 39.4 Å². The lowest BCUT2D eigenvalue weighted by Crippen LogP contribution is -2.68. The molecule has 4 saturated carbocycles. The lowest BCUT2D eigenvalue weighted by molar-refractivity contribution is -0.221. The minimum absolute atomic E-state index is 0.0809. The van der Waals surface area contributed by atoms with E-state index >= 15 is 0 Å². The van der Waals surface area contributed by atoms with Crippen LogP contribution in [0.1, 0.15) is 145 Å². The first kappa shape index (κ1) is 37.9. The van der Waals surface area contributed by atoms with Crippen molar-refractivity contribution < 1.29 is 14.6 Å². The molecule has 0 spiro atoms. The van der Waals surface area contributed by atoms with Crippen LogP contribution in [0.5, 0.6) is 0 Å². The van der Waals surface area contributed by atoms with Crippen molar-refractivity contribution in [3.63, 3.8) is 0 Å². The highest BCUT2D eigenvalue weighted by atomic mass is 16.5. The first-order valence-electron chi connectivity index (χ1n) is 21.5. The normalized spacial score (nSPS) is 45.0. The van der Waals surface area contributed by atoms with Crippen LogP contribution in [0.4, 0.5) is 0 Å². The van der Waals surface area contributed by atoms with Crippen molar-refractivity contribution in [1.82, 2.24) is 10.2 Å². The van der Waals surface area contributed by atoms with Crippen LogP contribution in [0.15, 0.2) is 35.5 Å². The summed E-state index contributed by atoms with van der Waals surface area (Å²) in [7, 11) is 0. The van der Waals surface area contributed by atoms with Crippen LogP contribution in [0.2, 0.25) is 0 Å². The molecule has 5 heteroatoms. The van der Waals surface area contributed by atoms with Crippen molar-refractivity contribution >= 4 is 5.97 Å². The Kier molecular flexibility index (Phi) is 10.2. The summed E-state index contributed by atoms with van der Waals surface area (Å²) in [5.41, 5.74) is 4.95. The Morgan fingerprint density at radius 1 is 0.922 bits per heavy atom. The van der Waals surface area contributed by atoms with Crippen LogP contribution in [0, 0.1) is 56.7 Å². The molecular weight excluding hydrogens is 629 g/mol. The van der Waals surface area contributed by atoms with E-state index in [0.717, 1.165) is 31.2 Å². The Labute approximate surface area is 311 Å². The standard InChI is InChI=1S/C46H74N2O3/c1-9-51-40(50)45(31-49)22-15-33(16-23-45)35-18-20-42(6)37(41(35,4)5)19-21-44(8)38(42)14-13-36-39-34(32(2)3)17-24-46(39,26-25-43(36,44)7)47-27-30-48-28-11-10-12-29-48/h15,18,34,36-39,47,49H,2,9-14,16-17,19-31H2,1,3-8H3/t34-,36+,37-,38+,39+,42-,43+,44+,45+,46-/m0/s1. The maximum Gasteiger partial charge on any atom is 0.314 e. The van der Waals surface area contributed by atoms with E-state index in [1.165, 1.54) is 107 Å². The minimum Gasteiger partial charge on any atom is -0.465 e. The lowest BCUT2D eigenvalue weighted by Gasteiger charge is -2.72. The molecule has 0 radical (unpaired) electrons. The molecule has 1 saturated heterocycles. The third-order valence-corrected chi connectivity index (χ3v) is 18.0. The quantitative estimate of drug-likeness (QED) is 0.185. The average Bonchev–Trinajstić information content (AvgIpc) is 3.49. The smallest absolute Gasteiger partial charge is 0.314 e. The molecule has 1 aliphatic heterocycles. The van der Waals surface area contributed by atoms with E-state index in [0.29, 0.717) is 48.0 Å². The number of hydrogen-bond donors (Lipinski definition) is 2. The molecule has 2 N–H and O–H groups in total. The van der Waals surface area contributed by atoms with Crippen LogP contribution in [0.25, 0.3) is 0 Å². The number of aliphatic hydroxyl groups excluding tert-OH is 1. The molecule has 51 heavy (non-hydrogen) atoms. The number of rotatable bonds is 9. The maximum absolute atomic E-state index is 12.9. The van der Waals surface area contributed by atoms with Crippen LogP contribution < -0.4 is 5.32 Å². The molecule has 0 bridgehead atoms. The summed E-state index contributed by atoms with van der Waals surface area (Å²) in [4.78, 5) is 15.6. The molecule has 0 aromatic carbocycles. The average molecular weight is 703 g/mol. The zero-order valence-electron chi connectivity index (χ0n) is 33.8. The second-order valence-electron chi connectivity index (χ2n) is 20.3. The second-order valence-corrected chi connectivity index (χ2v) is 20.3. The SMILES string of the molecule is C=C(C)[C@@H]1CC[C@]2(NCCN3CCCCC3)CC[C@]3(C)[C@H](CC[C@@H]4[C@@]5(C)CC=C(C6=CC[C@@](CO)(C(=O)OCC)CC6)C(C)(C)[C@@H]5CC[C@]43C)[C@@H]12. The summed E-state index contributed by atoms with van der Waals surface area (Å²) in [6.07, 6.45) is 23.1. The summed E-state index contributed by atoms with van der Waals surface area (Å²) in [6, 6.07) is 0. The molecule has 0 amide bonds. The number of piperidine rings is 1. The third-order valence-electron chi connectivity index (χ3n) is 18.0. The molecule has 7 rings (SSSR count). The molecule has 5 fully saturated rings. The van der Waals surface area contributed by atoms with Gasteiger partial charge < -0.3 is 20.1 Å². The predicted molar refractivity (Wildman–Crippen MR) is 209 cm³/mol. The number of fused-ring (bicyclic) bond motifs is 7. The number of likely N-dealkylation sites (tertiary alicyclic amines) is 1. The first-order valence-corrected chi connectivity index (χ1v) is 21.5. The maximum atomic E-state index is 12.9. The fourth-order valence-corrected chi connectivity index (χ4v) is 15.1. The number of carbonyl (C=O) groups is 1. The molecule has 5 nitrogen and oxygen atoms in total. The molecule has 286 valence electrons. The Balaban J connectivity index is 1.14. The van der Waals surface area contributed by atoms with Crippen LogP contribution in [-0.2, 0) is 9.53 Å². The highest BCUT2D eigenvalue weighted by Gasteiger charge is 2.70. The van der Waals surface area contributed by atoms with Gasteiger partial charge in [-0.3, -0.25) is 4.79 Å². The highest BCUT2D eigenvalue weighted by Crippen LogP contribution is 2.76. The zero-order valence-corrected chi connectivity index (χ0v) is 33.8. The fourth-order valence-electron chi connectivity index (χ4n) is 15.1. The largest absolute Gasteiger partial charge is 0.465 e. The van der Waals surface area contributed by atoms with Gasteiger partial charge in [0, 0.05) is 18.6 Å². The molecule has 0 unspecified atom stereocenters. The van der Waals surface area contributed by atoms with Gasteiger partial charge in [0.25, 0.3) is 0 Å². The number of allylic oxidation sites excluding steroid dienone is 5. The Bertz CT molecular complexity index is 1410. The van der Waals surface area contributed by atoms with Gasteiger partial charge in [-0.25, -0.2) is 0 Å². The number of esters is 1. The Morgan fingerprint density at radius 2 is 1.69 bits per heavy atom. The summed E-state index contributed by atoms with van der Waals surface area (Å²) < 4.78 is 5.42. The van der Waals surface area contributed by atoms with E-state index in [2.05, 4.69) is 70.5 Å². The van der Waals surface area contributed by atoms with Gasteiger partial charge in [-0.15, -0.1) is 0 Å². The molecule has 10 atom stereocenters. The van der Waals surface area contributed by atoms with Crippen molar-refractivity contribution in [2.24, 2.45) is 56.7 Å². The molecule has 0 aromatic heterocycles. The monoisotopic (exact) mass is 703 g/mol. The summed E-state index contributed by atoms with van der Waals surface area (Å²) in [5, 5.41) is 14.7. The van der Waals surface area contributed by atoms with E-state index < -0.39 is 5.41 Å². The lowest BCUT2D eigenvalue weighted by atomic mass is 9.33. The van der Waals surface area contributed by atoms with E-state index in [1.807, 2.05) is 6.92 Å². The van der Waals surface area contributed by atoms with Gasteiger partial charge in [-0.2, -0.15) is 0 Å². The number of carbonyl (C=O) groups excluding carboxylic acids is 1. The van der Waals surface area contributed by atoms with Gasteiger partial charge in [0.05, 0.1) is 18.6 Å². The predicted octanol–water partition coefficient (Wildman–Crippen LogP) is 9.66. The summed E-state index contributed by atoms with van der Waals surface area (Å²) in [6.45, 7) is 27.3. The number of hydrogen-bond acceptors (Lipinski definition) is 5. The first-order chi connectivity index (χ1) is 24.2. The van der Waals surface area contributed by atoms with E-state index in [9.17, 15) is 9.90 Å². The van der Waals surface area contributed by atoms with Crippen LogP contribution in [-0.4, -0.2) is 60.9 Å². The van der Waals surface area contributed by atoms with Crippen molar-refractivity contribution in [3.05, 3.63) is 35.5 Å². The molecule has 1 heterocycles. The minimum atomic E-state index is -0.781. The molecular formula is C46H74N2O3. The van der Waals surface area contributed by atoms with Gasteiger partial charge >= 0.3 is 5.97 Å². The topological polar surface area (TPSA) is 61.8 Å². The summed E-state index contributed by atoms with van der Waals surface area (Å²) in [5.74, 6) is 3.28. The zero-order chi connectivity index (χ0) is 36.5. The fraction of sp³-hybridized carbons (Fsp3) is 0.848. The second kappa shape index (κ2) is 13.7. The van der Waals surface area contributed by atoms with Crippen molar-refractivity contribution in [1.29, 1.82) is 0 Å². The Hall–Kier alpha value is -1.43. The summed E-state index contributed by atoms with van der Waals surface area (Å²) >= 11 is 0. The number of aliphatic hydroxyl groups is 1. The van der Waals surface area contributed by atoms with E-state index in [1.54, 1.807) is 0 Å². The highest BCUT2D eigenvalue weighted by molar-refractivity contribution is 5.77. The molecule has 6 aliphatic carbocycles. The number of ether oxygens (including phenoxy) is 1. The Morgan fingerprint density at radius 3 is 2.35 bits per heavy atom. The van der Waals surface area contributed by atoms with Gasteiger partial charge in [0.1, 0.15) is 0 Å². The van der Waals surface area contributed by atoms with Crippen molar-refractivity contribution in [2.45, 2.75) is 150 Å². The van der Waals surface area contributed by atoms with Gasteiger partial charge in [-0.1, -0.05) is 65.3 Å². The van der Waals surface area contributed by atoms with E-state index in [-0.39, 0.29) is 28.9 Å².